The van der Waals surface area contributed by atoms with Crippen LogP contribution in [-0.2, 0) is 13.1 Å². The van der Waals surface area contributed by atoms with Crippen LogP contribution in [0.15, 0.2) is 48.5 Å². The number of nitrogens with one attached hydrogen (secondary N) is 1. The number of carbonyl (C=O) groups is 1. The van der Waals surface area contributed by atoms with Gasteiger partial charge in [0, 0.05) is 21.7 Å². The van der Waals surface area contributed by atoms with E-state index in [0.717, 1.165) is 22.5 Å². The predicted octanol–water partition coefficient (Wildman–Crippen LogP) is 4.19. The van der Waals surface area contributed by atoms with Crippen LogP contribution in [0.5, 0.6) is 0 Å². The van der Waals surface area contributed by atoms with Crippen molar-refractivity contribution in [3.05, 3.63) is 75.9 Å². The van der Waals surface area contributed by atoms with Crippen molar-refractivity contribution in [3.63, 3.8) is 0 Å². The van der Waals surface area contributed by atoms with E-state index in [9.17, 15) is 4.79 Å². The summed E-state index contributed by atoms with van der Waals surface area (Å²) in [4.78, 5) is 14.5. The topological polar surface area (TPSA) is 49.0 Å². The molecule has 0 saturated carbocycles. The van der Waals surface area contributed by atoms with Crippen LogP contribution in [0.25, 0.3) is 11.3 Å². The number of fused-ring (bicyclic) bond motifs is 1. The van der Waals surface area contributed by atoms with E-state index in [1.54, 1.807) is 24.3 Å². The Bertz CT molecular complexity index is 932. The van der Waals surface area contributed by atoms with E-state index in [0.29, 0.717) is 23.7 Å². The quantitative estimate of drug-likeness (QED) is 0.762. The van der Waals surface area contributed by atoms with E-state index in [1.807, 2.05) is 17.0 Å². The second kappa shape index (κ2) is 5.80. The van der Waals surface area contributed by atoms with Gasteiger partial charge >= 0.3 is 0 Å². The fraction of sp³-hybridized carbons (Fsp3) is 0.158. The number of amides is 1. The van der Waals surface area contributed by atoms with Crippen LogP contribution in [0.1, 0.15) is 27.2 Å². The van der Waals surface area contributed by atoms with E-state index in [1.165, 1.54) is 5.56 Å². The number of aromatic amines is 1. The molecule has 0 radical (unpaired) electrons. The number of benzene rings is 2. The molecule has 5 heteroatoms. The Morgan fingerprint density at radius 3 is 2.79 bits per heavy atom. The van der Waals surface area contributed by atoms with Gasteiger partial charge in [0.25, 0.3) is 5.91 Å². The molecule has 1 amide bonds. The molecule has 1 aliphatic heterocycles. The molecule has 0 bridgehead atoms. The summed E-state index contributed by atoms with van der Waals surface area (Å²) in [6, 6.07) is 15.2. The fourth-order valence-electron chi connectivity index (χ4n) is 3.15. The normalized spacial score (nSPS) is 13.2. The van der Waals surface area contributed by atoms with Crippen LogP contribution in [0.3, 0.4) is 0 Å². The SMILES string of the molecule is Cc1ccccc1-c1n[nH]c2c1CN(C(=O)c1cccc(Cl)c1)C2. The molecule has 3 aromatic rings. The molecule has 1 aliphatic rings. The molecule has 0 atom stereocenters. The summed E-state index contributed by atoms with van der Waals surface area (Å²) < 4.78 is 0. The van der Waals surface area contributed by atoms with E-state index in [4.69, 9.17) is 11.6 Å². The van der Waals surface area contributed by atoms with Crippen LogP contribution in [0.4, 0.5) is 0 Å². The van der Waals surface area contributed by atoms with Gasteiger partial charge in [-0.25, -0.2) is 0 Å². The molecule has 2 heterocycles. The van der Waals surface area contributed by atoms with Gasteiger partial charge in [0.15, 0.2) is 0 Å². The molecule has 0 saturated heterocycles. The van der Waals surface area contributed by atoms with Crippen molar-refractivity contribution in [1.29, 1.82) is 0 Å². The molecule has 24 heavy (non-hydrogen) atoms. The smallest absolute Gasteiger partial charge is 0.254 e. The maximum absolute atomic E-state index is 12.7. The van der Waals surface area contributed by atoms with Gasteiger partial charge in [-0.3, -0.25) is 9.89 Å². The molecule has 120 valence electrons. The van der Waals surface area contributed by atoms with E-state index < -0.39 is 0 Å². The zero-order valence-corrected chi connectivity index (χ0v) is 14.0. The Kier molecular flexibility index (Phi) is 3.62. The summed E-state index contributed by atoms with van der Waals surface area (Å²) in [6.45, 7) is 3.17. The van der Waals surface area contributed by atoms with Gasteiger partial charge in [0.1, 0.15) is 0 Å². The largest absolute Gasteiger partial charge is 0.328 e. The summed E-state index contributed by atoms with van der Waals surface area (Å²) in [5.41, 5.74) is 5.92. The lowest BCUT2D eigenvalue weighted by Gasteiger charge is -2.16. The summed E-state index contributed by atoms with van der Waals surface area (Å²) >= 11 is 6.00. The molecule has 1 aromatic heterocycles. The predicted molar refractivity (Wildman–Crippen MR) is 93.8 cm³/mol. The Morgan fingerprint density at radius 1 is 1.17 bits per heavy atom. The van der Waals surface area contributed by atoms with Gasteiger partial charge in [0.05, 0.1) is 24.5 Å². The number of rotatable bonds is 2. The van der Waals surface area contributed by atoms with Gasteiger partial charge in [-0.1, -0.05) is 41.9 Å². The third-order valence-corrected chi connectivity index (χ3v) is 4.64. The van der Waals surface area contributed by atoms with Crippen LogP contribution >= 0.6 is 11.6 Å². The zero-order chi connectivity index (χ0) is 16.7. The van der Waals surface area contributed by atoms with Gasteiger partial charge in [-0.05, 0) is 30.7 Å². The second-order valence-corrected chi connectivity index (χ2v) is 6.45. The van der Waals surface area contributed by atoms with Crippen molar-refractivity contribution < 1.29 is 4.79 Å². The van der Waals surface area contributed by atoms with Gasteiger partial charge in [-0.2, -0.15) is 5.10 Å². The summed E-state index contributed by atoms with van der Waals surface area (Å²) in [5.74, 6) is -0.0159. The first kappa shape index (κ1) is 15.0. The molecule has 0 spiro atoms. The van der Waals surface area contributed by atoms with Crippen LogP contribution in [-0.4, -0.2) is 21.0 Å². The minimum Gasteiger partial charge on any atom is -0.328 e. The van der Waals surface area contributed by atoms with Crippen molar-refractivity contribution in [2.75, 3.05) is 0 Å². The Hall–Kier alpha value is -2.59. The number of hydrogen-bond donors (Lipinski definition) is 1. The summed E-state index contributed by atoms with van der Waals surface area (Å²) in [6.07, 6.45) is 0. The van der Waals surface area contributed by atoms with Crippen LogP contribution < -0.4 is 0 Å². The lowest BCUT2D eigenvalue weighted by Crippen LogP contribution is -2.25. The fourth-order valence-corrected chi connectivity index (χ4v) is 3.34. The number of aromatic nitrogens is 2. The highest BCUT2D eigenvalue weighted by atomic mass is 35.5. The standard InChI is InChI=1S/C19H16ClN3O/c1-12-5-2-3-8-15(12)18-16-10-23(11-17(16)21-22-18)19(24)13-6-4-7-14(20)9-13/h2-9H,10-11H2,1H3,(H,21,22). The number of H-pyrrole nitrogens is 1. The minimum atomic E-state index is -0.0159. The highest BCUT2D eigenvalue weighted by Gasteiger charge is 2.29. The summed E-state index contributed by atoms with van der Waals surface area (Å²) in [7, 11) is 0. The Morgan fingerprint density at radius 2 is 2.00 bits per heavy atom. The molecular weight excluding hydrogens is 322 g/mol. The third-order valence-electron chi connectivity index (χ3n) is 4.41. The van der Waals surface area contributed by atoms with Gasteiger partial charge in [0.2, 0.25) is 0 Å². The first-order valence-corrected chi connectivity index (χ1v) is 8.18. The molecule has 0 aliphatic carbocycles. The summed E-state index contributed by atoms with van der Waals surface area (Å²) in [5, 5.41) is 8.13. The van der Waals surface area contributed by atoms with E-state index in [-0.39, 0.29) is 5.91 Å². The number of nitrogens with zero attached hydrogens (tertiary/aromatic N) is 2. The van der Waals surface area contributed by atoms with E-state index >= 15 is 0 Å². The van der Waals surface area contributed by atoms with Crippen LogP contribution in [0.2, 0.25) is 5.02 Å². The van der Waals surface area contributed by atoms with Gasteiger partial charge in [-0.15, -0.1) is 0 Å². The van der Waals surface area contributed by atoms with Crippen molar-refractivity contribution in [3.8, 4) is 11.3 Å². The molecule has 2 aromatic carbocycles. The first-order valence-electron chi connectivity index (χ1n) is 7.80. The minimum absolute atomic E-state index is 0.0159. The van der Waals surface area contributed by atoms with Crippen LogP contribution in [0, 0.1) is 6.92 Å². The average Bonchev–Trinajstić information content (AvgIpc) is 3.15. The van der Waals surface area contributed by atoms with Crippen molar-refractivity contribution in [1.82, 2.24) is 15.1 Å². The van der Waals surface area contributed by atoms with E-state index in [2.05, 4.69) is 29.3 Å². The highest BCUT2D eigenvalue weighted by Crippen LogP contribution is 2.33. The maximum atomic E-state index is 12.7. The van der Waals surface area contributed by atoms with Crippen molar-refractivity contribution in [2.24, 2.45) is 0 Å². The molecule has 0 fully saturated rings. The first-order chi connectivity index (χ1) is 11.6. The average molecular weight is 338 g/mol. The number of carbonyl (C=O) groups excluding carboxylic acids is 1. The monoisotopic (exact) mass is 337 g/mol. The Balaban J connectivity index is 1.64. The lowest BCUT2D eigenvalue weighted by molar-refractivity contribution is 0.0749. The molecule has 4 nitrogen and oxygen atoms in total. The lowest BCUT2D eigenvalue weighted by atomic mass is 10.0. The Labute approximate surface area is 145 Å². The second-order valence-electron chi connectivity index (χ2n) is 6.02. The molecule has 1 N–H and O–H groups in total. The van der Waals surface area contributed by atoms with Crippen molar-refractivity contribution >= 4 is 17.5 Å². The van der Waals surface area contributed by atoms with Crippen molar-refractivity contribution in [2.45, 2.75) is 20.0 Å². The number of aryl methyl sites for hydroxylation is 1. The third kappa shape index (κ3) is 2.49. The molecule has 4 rings (SSSR count). The highest BCUT2D eigenvalue weighted by molar-refractivity contribution is 6.30. The number of halogens is 1. The zero-order valence-electron chi connectivity index (χ0n) is 13.2. The maximum Gasteiger partial charge on any atom is 0.254 e. The molecular formula is C19H16ClN3O. The molecule has 0 unspecified atom stereocenters. The number of hydrogen-bond acceptors (Lipinski definition) is 2. The van der Waals surface area contributed by atoms with Gasteiger partial charge < -0.3 is 4.90 Å².